The maximum Gasteiger partial charge on any atom is 0.261 e. The zero-order valence-electron chi connectivity index (χ0n) is 12.7. The molecule has 0 unspecified atom stereocenters. The lowest BCUT2D eigenvalue weighted by atomic mass is 10.0. The summed E-state index contributed by atoms with van der Waals surface area (Å²) in [6.45, 7) is 0. The van der Waals surface area contributed by atoms with Crippen molar-refractivity contribution in [2.24, 2.45) is 0 Å². The van der Waals surface area contributed by atoms with Crippen molar-refractivity contribution in [2.75, 3.05) is 16.7 Å². The van der Waals surface area contributed by atoms with Crippen LogP contribution in [-0.4, -0.2) is 21.4 Å². The molecule has 1 N–H and O–H groups in total. The Morgan fingerprint density at radius 2 is 1.75 bits per heavy atom. The molecule has 8 heteroatoms. The molecule has 5 nitrogen and oxygen atoms in total. The number of fused-ring (bicyclic) bond motifs is 1. The van der Waals surface area contributed by atoms with E-state index < -0.39 is 10.0 Å². The number of amides is 1. The average molecular weight is 385 g/mol. The summed E-state index contributed by atoms with van der Waals surface area (Å²) in [6.07, 6.45) is 0.867. The highest BCUT2D eigenvalue weighted by Crippen LogP contribution is 2.33. The van der Waals surface area contributed by atoms with Gasteiger partial charge in [-0.25, -0.2) is 8.42 Å². The van der Waals surface area contributed by atoms with Crippen LogP contribution in [0.15, 0.2) is 41.3 Å². The maximum atomic E-state index is 12.6. The number of carbonyl (C=O) groups is 1. The molecule has 0 fully saturated rings. The number of halogens is 2. The van der Waals surface area contributed by atoms with Crippen molar-refractivity contribution in [1.82, 2.24) is 0 Å². The van der Waals surface area contributed by atoms with Crippen LogP contribution in [-0.2, 0) is 21.2 Å². The van der Waals surface area contributed by atoms with Crippen LogP contribution >= 0.6 is 23.2 Å². The molecule has 126 valence electrons. The first kappa shape index (κ1) is 17.1. The average Bonchev–Trinajstić information content (AvgIpc) is 2.54. The van der Waals surface area contributed by atoms with Crippen molar-refractivity contribution in [3.63, 3.8) is 0 Å². The van der Waals surface area contributed by atoms with Gasteiger partial charge >= 0.3 is 0 Å². The van der Waals surface area contributed by atoms with Crippen molar-refractivity contribution in [3.8, 4) is 0 Å². The molecule has 0 saturated carbocycles. The van der Waals surface area contributed by atoms with Crippen LogP contribution in [0.5, 0.6) is 0 Å². The molecule has 1 aliphatic heterocycles. The third-order valence-corrected chi connectivity index (χ3v) is 5.88. The molecule has 3 rings (SSSR count). The second-order valence-corrected chi connectivity index (χ2v) is 7.94. The minimum absolute atomic E-state index is 0.0130. The second-order valence-electron chi connectivity index (χ2n) is 5.45. The highest BCUT2D eigenvalue weighted by molar-refractivity contribution is 7.92. The number of aryl methyl sites for hydroxylation is 1. The highest BCUT2D eigenvalue weighted by Gasteiger charge is 2.24. The summed E-state index contributed by atoms with van der Waals surface area (Å²) in [6, 6.07) is 9.41. The van der Waals surface area contributed by atoms with Gasteiger partial charge in [-0.05, 0) is 42.3 Å². The van der Waals surface area contributed by atoms with Gasteiger partial charge in [-0.15, -0.1) is 0 Å². The van der Waals surface area contributed by atoms with Crippen LogP contribution in [0.25, 0.3) is 0 Å². The van der Waals surface area contributed by atoms with E-state index in [-0.39, 0.29) is 26.5 Å². The van der Waals surface area contributed by atoms with E-state index in [0.29, 0.717) is 12.8 Å². The molecule has 1 aliphatic rings. The van der Waals surface area contributed by atoms with E-state index in [2.05, 4.69) is 4.72 Å². The molecule has 24 heavy (non-hydrogen) atoms. The van der Waals surface area contributed by atoms with Crippen LogP contribution < -0.4 is 9.62 Å². The molecule has 0 aliphatic carbocycles. The fourth-order valence-electron chi connectivity index (χ4n) is 2.59. The van der Waals surface area contributed by atoms with E-state index in [1.165, 1.54) is 11.0 Å². The minimum atomic E-state index is -3.85. The number of benzene rings is 2. The van der Waals surface area contributed by atoms with Gasteiger partial charge in [-0.3, -0.25) is 9.52 Å². The third-order valence-electron chi connectivity index (χ3n) is 3.90. The minimum Gasteiger partial charge on any atom is -0.315 e. The quantitative estimate of drug-likeness (QED) is 0.876. The molecule has 0 atom stereocenters. The number of hydrogen-bond donors (Lipinski definition) is 1. The van der Waals surface area contributed by atoms with Crippen LogP contribution in [0.1, 0.15) is 12.0 Å². The summed E-state index contributed by atoms with van der Waals surface area (Å²) in [5, 5.41) is 0.434. The van der Waals surface area contributed by atoms with Crippen LogP contribution in [0.2, 0.25) is 10.0 Å². The molecule has 0 aromatic heterocycles. The normalized spacial score (nSPS) is 14.5. The molecule has 2 aromatic rings. The van der Waals surface area contributed by atoms with Gasteiger partial charge in [0.25, 0.3) is 10.0 Å². The standard InChI is InChI=1S/C16H14Cl2N2O3S/c1-20-14-7-6-11(9-10(14)5-8-15(20)21)24(22,23)19-16-12(17)3-2-4-13(16)18/h2-4,6-7,9,19H,5,8H2,1H3. The van der Waals surface area contributed by atoms with Gasteiger partial charge in [0.2, 0.25) is 5.91 Å². The first-order chi connectivity index (χ1) is 11.3. The Kier molecular flexibility index (Phi) is 4.46. The summed E-state index contributed by atoms with van der Waals surface area (Å²) in [5.74, 6) is 0.0130. The van der Waals surface area contributed by atoms with E-state index in [4.69, 9.17) is 23.2 Å². The Morgan fingerprint density at radius 1 is 1.08 bits per heavy atom. The second kappa shape index (κ2) is 6.27. The van der Waals surface area contributed by atoms with Gasteiger partial charge in [0, 0.05) is 19.2 Å². The van der Waals surface area contributed by atoms with Gasteiger partial charge in [-0.1, -0.05) is 29.3 Å². The Bertz CT molecular complexity index is 909. The number of anilines is 2. The zero-order chi connectivity index (χ0) is 17.5. The molecule has 0 radical (unpaired) electrons. The van der Waals surface area contributed by atoms with E-state index in [1.54, 1.807) is 37.4 Å². The van der Waals surface area contributed by atoms with Gasteiger partial charge in [0.1, 0.15) is 0 Å². The topological polar surface area (TPSA) is 66.5 Å². The Balaban J connectivity index is 1.98. The van der Waals surface area contributed by atoms with Gasteiger partial charge in [0.05, 0.1) is 20.6 Å². The van der Waals surface area contributed by atoms with E-state index >= 15 is 0 Å². The van der Waals surface area contributed by atoms with E-state index in [0.717, 1.165) is 11.3 Å². The Morgan fingerprint density at radius 3 is 2.42 bits per heavy atom. The van der Waals surface area contributed by atoms with Crippen molar-refractivity contribution in [2.45, 2.75) is 17.7 Å². The molecular weight excluding hydrogens is 371 g/mol. The van der Waals surface area contributed by atoms with Gasteiger partial charge < -0.3 is 4.90 Å². The molecule has 0 spiro atoms. The zero-order valence-corrected chi connectivity index (χ0v) is 15.0. The van der Waals surface area contributed by atoms with E-state index in [9.17, 15) is 13.2 Å². The lowest BCUT2D eigenvalue weighted by Gasteiger charge is -2.26. The molecular formula is C16H14Cl2N2O3S. The SMILES string of the molecule is CN1C(=O)CCc2cc(S(=O)(=O)Nc3c(Cl)cccc3Cl)ccc21. The summed E-state index contributed by atoms with van der Waals surface area (Å²) >= 11 is 12.0. The molecule has 1 amide bonds. The molecule has 1 heterocycles. The highest BCUT2D eigenvalue weighted by atomic mass is 35.5. The van der Waals surface area contributed by atoms with Crippen molar-refractivity contribution >= 4 is 50.5 Å². The van der Waals surface area contributed by atoms with Crippen LogP contribution in [0, 0.1) is 0 Å². The van der Waals surface area contributed by atoms with Crippen molar-refractivity contribution < 1.29 is 13.2 Å². The molecule has 0 bridgehead atoms. The van der Waals surface area contributed by atoms with Crippen molar-refractivity contribution in [1.29, 1.82) is 0 Å². The smallest absolute Gasteiger partial charge is 0.261 e. The van der Waals surface area contributed by atoms with Gasteiger partial charge in [0.15, 0.2) is 0 Å². The van der Waals surface area contributed by atoms with Crippen LogP contribution in [0.3, 0.4) is 0 Å². The van der Waals surface area contributed by atoms with Crippen LogP contribution in [0.4, 0.5) is 11.4 Å². The lowest BCUT2D eigenvalue weighted by molar-refractivity contribution is -0.118. The summed E-state index contributed by atoms with van der Waals surface area (Å²) in [7, 11) is -2.17. The largest absolute Gasteiger partial charge is 0.315 e. The molecule has 0 saturated heterocycles. The summed E-state index contributed by atoms with van der Waals surface area (Å²) in [4.78, 5) is 13.4. The maximum absolute atomic E-state index is 12.6. The number of carbonyl (C=O) groups excluding carboxylic acids is 1. The Hall–Kier alpha value is -1.76. The molecule has 2 aromatic carbocycles. The third kappa shape index (κ3) is 3.09. The fraction of sp³-hybridized carbons (Fsp3) is 0.188. The number of sulfonamides is 1. The monoisotopic (exact) mass is 384 g/mol. The summed E-state index contributed by atoms with van der Waals surface area (Å²) in [5.41, 5.74) is 1.68. The fourth-order valence-corrected chi connectivity index (χ4v) is 4.34. The first-order valence-electron chi connectivity index (χ1n) is 7.16. The lowest BCUT2D eigenvalue weighted by Crippen LogP contribution is -2.31. The Labute approximate surface area is 150 Å². The summed E-state index contributed by atoms with van der Waals surface area (Å²) < 4.78 is 27.7. The number of hydrogen-bond acceptors (Lipinski definition) is 3. The number of rotatable bonds is 3. The number of nitrogens with zero attached hydrogens (tertiary/aromatic N) is 1. The number of nitrogens with one attached hydrogen (secondary N) is 1. The number of para-hydroxylation sites is 1. The van der Waals surface area contributed by atoms with E-state index in [1.807, 2.05) is 0 Å². The van der Waals surface area contributed by atoms with Gasteiger partial charge in [-0.2, -0.15) is 0 Å². The predicted molar refractivity (Wildman–Crippen MR) is 95.4 cm³/mol. The van der Waals surface area contributed by atoms with Crippen molar-refractivity contribution in [3.05, 3.63) is 52.0 Å². The first-order valence-corrected chi connectivity index (χ1v) is 9.40. The predicted octanol–water partition coefficient (Wildman–Crippen LogP) is 3.70.